The molecule has 1 aromatic rings. The molecular weight excluding hydrogens is 271 g/mol. The van der Waals surface area contributed by atoms with E-state index in [0.717, 1.165) is 24.9 Å². The monoisotopic (exact) mass is 288 g/mol. The van der Waals surface area contributed by atoms with Crippen molar-refractivity contribution in [2.24, 2.45) is 5.73 Å². The standard InChI is InChI=1S/C13H18Cl2N2O/c1-2-12(17-7-3-4-13(16)18)10-6-5-9(14)8-11(10)15/h5-6,8,12,17H,2-4,7H2,1H3,(H2,16,18). The van der Waals surface area contributed by atoms with E-state index in [1.165, 1.54) is 0 Å². The lowest BCUT2D eigenvalue weighted by Gasteiger charge is -2.18. The molecule has 0 fully saturated rings. The summed E-state index contributed by atoms with van der Waals surface area (Å²) >= 11 is 12.0. The average Bonchev–Trinajstić information content (AvgIpc) is 2.30. The highest BCUT2D eigenvalue weighted by Crippen LogP contribution is 2.27. The first-order valence-electron chi connectivity index (χ1n) is 6.01. The summed E-state index contributed by atoms with van der Waals surface area (Å²) in [4.78, 5) is 10.6. The van der Waals surface area contributed by atoms with Gasteiger partial charge in [0.25, 0.3) is 0 Å². The highest BCUT2D eigenvalue weighted by atomic mass is 35.5. The Bertz CT molecular complexity index is 410. The van der Waals surface area contributed by atoms with E-state index >= 15 is 0 Å². The number of carbonyl (C=O) groups excluding carboxylic acids is 1. The summed E-state index contributed by atoms with van der Waals surface area (Å²) in [5.74, 6) is -0.269. The molecule has 0 saturated carbocycles. The van der Waals surface area contributed by atoms with Crippen molar-refractivity contribution in [3.05, 3.63) is 33.8 Å². The molecule has 1 atom stereocenters. The summed E-state index contributed by atoms with van der Waals surface area (Å²) in [6.45, 7) is 2.82. The highest BCUT2D eigenvalue weighted by molar-refractivity contribution is 6.35. The maximum atomic E-state index is 10.6. The van der Waals surface area contributed by atoms with Crippen LogP contribution in [-0.2, 0) is 4.79 Å². The van der Waals surface area contributed by atoms with Crippen LogP contribution in [0.5, 0.6) is 0 Å². The zero-order valence-electron chi connectivity index (χ0n) is 10.4. The molecule has 0 aromatic heterocycles. The summed E-state index contributed by atoms with van der Waals surface area (Å²) in [7, 11) is 0. The fourth-order valence-electron chi connectivity index (χ4n) is 1.80. The Morgan fingerprint density at radius 2 is 2.17 bits per heavy atom. The zero-order valence-corrected chi connectivity index (χ0v) is 11.9. The third kappa shape index (κ3) is 4.84. The molecule has 100 valence electrons. The zero-order chi connectivity index (χ0) is 13.5. The van der Waals surface area contributed by atoms with Crippen LogP contribution in [0.2, 0.25) is 10.0 Å². The van der Waals surface area contributed by atoms with Crippen LogP contribution in [0, 0.1) is 0 Å². The van der Waals surface area contributed by atoms with Gasteiger partial charge in [0, 0.05) is 22.5 Å². The Hall–Kier alpha value is -0.770. The summed E-state index contributed by atoms with van der Waals surface area (Å²) < 4.78 is 0. The van der Waals surface area contributed by atoms with Gasteiger partial charge in [-0.1, -0.05) is 36.2 Å². The first kappa shape index (κ1) is 15.3. The normalized spacial score (nSPS) is 12.4. The lowest BCUT2D eigenvalue weighted by molar-refractivity contribution is -0.118. The quantitative estimate of drug-likeness (QED) is 0.757. The summed E-state index contributed by atoms with van der Waals surface area (Å²) in [6, 6.07) is 5.67. The van der Waals surface area contributed by atoms with Crippen molar-refractivity contribution in [2.45, 2.75) is 32.2 Å². The second-order valence-corrected chi connectivity index (χ2v) is 4.99. The van der Waals surface area contributed by atoms with Crippen LogP contribution in [0.1, 0.15) is 37.8 Å². The number of benzene rings is 1. The maximum absolute atomic E-state index is 10.6. The summed E-state index contributed by atoms with van der Waals surface area (Å²) in [6.07, 6.45) is 2.05. The first-order chi connectivity index (χ1) is 8.54. The van der Waals surface area contributed by atoms with Gasteiger partial charge < -0.3 is 11.1 Å². The molecular formula is C13H18Cl2N2O. The molecule has 0 aliphatic heterocycles. The lowest BCUT2D eigenvalue weighted by Crippen LogP contribution is -2.23. The van der Waals surface area contributed by atoms with Crippen LogP contribution in [0.3, 0.4) is 0 Å². The van der Waals surface area contributed by atoms with Crippen LogP contribution in [-0.4, -0.2) is 12.5 Å². The highest BCUT2D eigenvalue weighted by Gasteiger charge is 2.12. The number of halogens is 2. The van der Waals surface area contributed by atoms with E-state index in [2.05, 4.69) is 12.2 Å². The Morgan fingerprint density at radius 1 is 1.44 bits per heavy atom. The van der Waals surface area contributed by atoms with Crippen molar-refractivity contribution in [3.63, 3.8) is 0 Å². The van der Waals surface area contributed by atoms with E-state index in [1.807, 2.05) is 12.1 Å². The molecule has 1 amide bonds. The minimum Gasteiger partial charge on any atom is -0.370 e. The number of hydrogen-bond acceptors (Lipinski definition) is 2. The van der Waals surface area contributed by atoms with Crippen LogP contribution in [0.15, 0.2) is 18.2 Å². The molecule has 3 nitrogen and oxygen atoms in total. The first-order valence-corrected chi connectivity index (χ1v) is 6.76. The van der Waals surface area contributed by atoms with Gasteiger partial charge in [-0.3, -0.25) is 4.79 Å². The van der Waals surface area contributed by atoms with Crippen molar-refractivity contribution in [1.82, 2.24) is 5.32 Å². The molecule has 1 rings (SSSR count). The molecule has 3 N–H and O–H groups in total. The fraction of sp³-hybridized carbons (Fsp3) is 0.462. The largest absolute Gasteiger partial charge is 0.370 e. The minimum absolute atomic E-state index is 0.169. The van der Waals surface area contributed by atoms with Gasteiger partial charge in [0.2, 0.25) is 5.91 Å². The Kier molecular flexibility index (Phi) is 6.47. The predicted molar refractivity (Wildman–Crippen MR) is 75.9 cm³/mol. The van der Waals surface area contributed by atoms with E-state index in [1.54, 1.807) is 6.07 Å². The molecule has 0 radical (unpaired) electrons. The second kappa shape index (κ2) is 7.62. The average molecular weight is 289 g/mol. The van der Waals surface area contributed by atoms with Crippen molar-refractivity contribution in [3.8, 4) is 0 Å². The molecule has 5 heteroatoms. The Balaban J connectivity index is 2.57. The third-order valence-corrected chi connectivity index (χ3v) is 3.30. The van der Waals surface area contributed by atoms with E-state index < -0.39 is 0 Å². The number of nitrogens with one attached hydrogen (secondary N) is 1. The van der Waals surface area contributed by atoms with Crippen molar-refractivity contribution in [2.75, 3.05) is 6.54 Å². The molecule has 1 aromatic carbocycles. The number of primary amides is 1. The van der Waals surface area contributed by atoms with Gasteiger partial charge in [-0.15, -0.1) is 0 Å². The lowest BCUT2D eigenvalue weighted by atomic mass is 10.0. The summed E-state index contributed by atoms with van der Waals surface area (Å²) in [5, 5.41) is 4.66. The van der Waals surface area contributed by atoms with E-state index in [9.17, 15) is 4.79 Å². The van der Waals surface area contributed by atoms with Crippen molar-refractivity contribution < 1.29 is 4.79 Å². The van der Waals surface area contributed by atoms with Gasteiger partial charge in [0.05, 0.1) is 0 Å². The number of hydrogen-bond donors (Lipinski definition) is 2. The van der Waals surface area contributed by atoms with E-state index in [4.69, 9.17) is 28.9 Å². The van der Waals surface area contributed by atoms with Gasteiger partial charge in [-0.25, -0.2) is 0 Å². The van der Waals surface area contributed by atoms with E-state index in [0.29, 0.717) is 16.5 Å². The van der Waals surface area contributed by atoms with Gasteiger partial charge in [0.15, 0.2) is 0 Å². The van der Waals surface area contributed by atoms with Crippen LogP contribution in [0.4, 0.5) is 0 Å². The topological polar surface area (TPSA) is 55.1 Å². The SMILES string of the molecule is CCC(NCCCC(N)=O)c1ccc(Cl)cc1Cl. The molecule has 18 heavy (non-hydrogen) atoms. The molecule has 1 unspecified atom stereocenters. The Labute approximate surface area is 118 Å². The van der Waals surface area contributed by atoms with Gasteiger partial charge in [0.1, 0.15) is 0 Å². The molecule has 0 aliphatic carbocycles. The van der Waals surface area contributed by atoms with Gasteiger partial charge in [-0.05, 0) is 37.1 Å². The number of carbonyl (C=O) groups is 1. The molecule has 0 heterocycles. The minimum atomic E-state index is -0.269. The van der Waals surface area contributed by atoms with Gasteiger partial charge >= 0.3 is 0 Å². The molecule has 0 aliphatic rings. The fourth-order valence-corrected chi connectivity index (χ4v) is 2.34. The summed E-state index contributed by atoms with van der Waals surface area (Å²) in [5.41, 5.74) is 6.12. The van der Waals surface area contributed by atoms with Crippen LogP contribution in [0.25, 0.3) is 0 Å². The Morgan fingerprint density at radius 3 is 2.72 bits per heavy atom. The van der Waals surface area contributed by atoms with E-state index in [-0.39, 0.29) is 11.9 Å². The number of nitrogens with two attached hydrogens (primary N) is 1. The maximum Gasteiger partial charge on any atom is 0.217 e. The van der Waals surface area contributed by atoms with Crippen molar-refractivity contribution >= 4 is 29.1 Å². The number of amides is 1. The van der Waals surface area contributed by atoms with Crippen LogP contribution < -0.4 is 11.1 Å². The van der Waals surface area contributed by atoms with Gasteiger partial charge in [-0.2, -0.15) is 0 Å². The predicted octanol–water partition coefficient (Wildman–Crippen LogP) is 3.30. The third-order valence-electron chi connectivity index (χ3n) is 2.74. The van der Waals surface area contributed by atoms with Crippen LogP contribution >= 0.6 is 23.2 Å². The van der Waals surface area contributed by atoms with Crippen molar-refractivity contribution in [1.29, 1.82) is 0 Å². The number of rotatable bonds is 7. The second-order valence-electron chi connectivity index (χ2n) is 4.15. The molecule has 0 saturated heterocycles. The molecule has 0 spiro atoms. The molecule has 0 bridgehead atoms. The smallest absolute Gasteiger partial charge is 0.217 e.